The number of methoxy groups -OCH3 is 1. The van der Waals surface area contributed by atoms with Crippen molar-refractivity contribution in [3.8, 4) is 6.07 Å². The molecule has 0 spiro atoms. The van der Waals surface area contributed by atoms with Crippen molar-refractivity contribution in [2.24, 2.45) is 71.6 Å². The predicted molar refractivity (Wildman–Crippen MR) is 309 cm³/mol. The average molecular weight is 1130 g/mol. The van der Waals surface area contributed by atoms with E-state index in [1.54, 1.807) is 59.2 Å². The van der Waals surface area contributed by atoms with Gasteiger partial charge in [0, 0.05) is 92.3 Å². The topological polar surface area (TPSA) is 445 Å². The predicted octanol–water partition coefficient (Wildman–Crippen LogP) is 5.71. The highest BCUT2D eigenvalue weighted by Crippen LogP contribution is 2.25. The molecule has 0 unspecified atom stereocenters. The molecular formula is C41H59N21O2S8. The van der Waals surface area contributed by atoms with Crippen LogP contribution in [0.15, 0.2) is 84.1 Å². The lowest BCUT2D eigenvalue weighted by Crippen LogP contribution is -2.22. The highest BCUT2D eigenvalue weighted by molar-refractivity contribution is 7.99. The third-order valence-electron chi connectivity index (χ3n) is 7.53. The number of nitrogens with two attached hydrogens (primary N) is 9. The summed E-state index contributed by atoms with van der Waals surface area (Å²) in [5.74, 6) is 6.89. The molecular weight excluding hydrogens is 1080 g/mol. The minimum absolute atomic E-state index is 0.00834. The van der Waals surface area contributed by atoms with E-state index in [1.807, 2.05) is 39.7 Å². The summed E-state index contributed by atoms with van der Waals surface area (Å²) < 4.78 is 4.76. The van der Waals surface area contributed by atoms with E-state index in [4.69, 9.17) is 72.4 Å². The third-order valence-corrected chi connectivity index (χ3v) is 14.6. The van der Waals surface area contributed by atoms with Crippen LogP contribution in [0.2, 0.25) is 0 Å². The van der Waals surface area contributed by atoms with Gasteiger partial charge in [0.2, 0.25) is 20.5 Å². The molecule has 0 saturated heterocycles. The maximum Gasteiger partial charge on any atom is 0.255 e. The van der Waals surface area contributed by atoms with Gasteiger partial charge in [-0.3, -0.25) is 15.6 Å². The molecule has 21 N–H and O–H groups in total. The van der Waals surface area contributed by atoms with Gasteiger partial charge in [-0.25, -0.2) is 19.9 Å². The van der Waals surface area contributed by atoms with Gasteiger partial charge in [-0.15, -0.1) is 45.3 Å². The van der Waals surface area contributed by atoms with Crippen LogP contribution < -0.4 is 56.9 Å². The first-order valence-electron chi connectivity index (χ1n) is 20.8. The van der Waals surface area contributed by atoms with E-state index in [1.165, 1.54) is 52.5 Å². The molecule has 5 rings (SSSR count). The molecule has 0 aliphatic carbocycles. The Morgan fingerprint density at radius 3 is 1.33 bits per heavy atom. The molecule has 1 amide bonds. The molecule has 0 fully saturated rings. The Hall–Kier alpha value is -6.14. The fourth-order valence-electron chi connectivity index (χ4n) is 4.45. The zero-order valence-electron chi connectivity index (χ0n) is 39.2. The average Bonchev–Trinajstić information content (AvgIpc) is 4.17. The van der Waals surface area contributed by atoms with Gasteiger partial charge in [-0.2, -0.15) is 72.3 Å². The van der Waals surface area contributed by atoms with Crippen molar-refractivity contribution in [1.29, 1.82) is 16.1 Å². The Bertz CT molecular complexity index is 2570. The Kier molecular flexibility index (Phi) is 31.6. The number of aromatic nitrogens is 4. The number of hydrogen-bond donors (Lipinski definition) is 12. The molecule has 23 nitrogen and oxygen atoms in total. The zero-order valence-corrected chi connectivity index (χ0v) is 45.7. The second kappa shape index (κ2) is 36.7. The van der Waals surface area contributed by atoms with Crippen LogP contribution in [0.5, 0.6) is 0 Å². The summed E-state index contributed by atoms with van der Waals surface area (Å²) in [4.78, 5) is 44.5. The highest BCUT2D eigenvalue weighted by Gasteiger charge is 2.08. The van der Waals surface area contributed by atoms with Crippen LogP contribution in [0, 0.1) is 22.1 Å². The number of ether oxygens (including phenoxy) is 1. The van der Waals surface area contributed by atoms with E-state index < -0.39 is 0 Å². The molecule has 0 radical (unpaired) electrons. The number of thiazole rings is 4. The van der Waals surface area contributed by atoms with Gasteiger partial charge in [-0.1, -0.05) is 24.8 Å². The maximum absolute atomic E-state index is 12.0. The van der Waals surface area contributed by atoms with Gasteiger partial charge in [-0.05, 0) is 24.3 Å². The number of carbonyl (C=O) groups is 1. The fraction of sp³-hybridized carbons (Fsp3) is 0.317. The minimum atomic E-state index is -0.132. The first-order chi connectivity index (χ1) is 34.5. The summed E-state index contributed by atoms with van der Waals surface area (Å²) >= 11 is 12.4. The molecule has 388 valence electrons. The minimum Gasteiger partial charge on any atom is -0.484 e. The smallest absolute Gasteiger partial charge is 0.255 e. The maximum atomic E-state index is 12.0. The number of hydrogen-bond acceptors (Lipinski definition) is 21. The molecule has 31 heteroatoms. The second-order valence-electron chi connectivity index (χ2n) is 13.6. The summed E-state index contributed by atoms with van der Waals surface area (Å²) in [7, 11) is 1.51. The first kappa shape index (κ1) is 62.0. The van der Waals surface area contributed by atoms with Crippen LogP contribution >= 0.6 is 92.4 Å². The van der Waals surface area contributed by atoms with Crippen LogP contribution in [-0.4, -0.2) is 91.5 Å². The number of guanidine groups is 4. The van der Waals surface area contributed by atoms with Gasteiger partial charge >= 0.3 is 0 Å². The van der Waals surface area contributed by atoms with Crippen molar-refractivity contribution >= 4 is 154 Å². The van der Waals surface area contributed by atoms with Crippen molar-refractivity contribution in [1.82, 2.24) is 25.3 Å². The molecule has 1 aromatic carbocycles. The van der Waals surface area contributed by atoms with Gasteiger partial charge in [0.1, 0.15) is 0 Å². The molecule has 4 aromatic heterocycles. The molecule has 0 bridgehead atoms. The van der Waals surface area contributed by atoms with Crippen molar-refractivity contribution in [2.45, 2.75) is 48.7 Å². The second-order valence-corrected chi connectivity index (χ2v) is 21.3. The Morgan fingerprint density at radius 1 is 0.625 bits per heavy atom. The number of nitrogens with one attached hydrogen (secondary N) is 3. The van der Waals surface area contributed by atoms with Crippen LogP contribution in [-0.2, 0) is 27.7 Å². The van der Waals surface area contributed by atoms with Crippen molar-refractivity contribution in [2.75, 3.05) is 30.1 Å². The number of thioether (sulfide) groups is 4. The summed E-state index contributed by atoms with van der Waals surface area (Å²) in [6, 6.07) is 11.2. The van der Waals surface area contributed by atoms with Crippen molar-refractivity contribution < 1.29 is 9.53 Å². The number of nitriles is 1. The van der Waals surface area contributed by atoms with Gasteiger partial charge in [0.05, 0.1) is 41.8 Å². The Labute approximate surface area is 451 Å². The van der Waals surface area contributed by atoms with Crippen LogP contribution in [0.4, 0.5) is 20.5 Å². The van der Waals surface area contributed by atoms with Crippen LogP contribution in [0.25, 0.3) is 0 Å². The number of benzene rings is 1. The summed E-state index contributed by atoms with van der Waals surface area (Å²) in [6.45, 7) is 3.90. The summed E-state index contributed by atoms with van der Waals surface area (Å²) in [5, 5.41) is 35.5. The number of rotatable bonds is 25. The standard InChI is InChI=1S/C16H19N5OS2.C9H15N5OS2.C8H14N6S2.C8H11N5S2/c1-11(19-14(22)12-5-3-2-4-6-12)7-8-23-9-13-10-24-16(20-13)21-15(17)18;1-15-7(10)2-3-16-4-6-5-17-9(13-6)14-8(11)12;9-6(10)1-2-15-3-5-4-16-8(13-5)14-7(11)12;9-2-1-3-14-4-6-5-15-8(12-6)13-7(10)11/h2-6,10H,1,7-9H2,(H,19,22)(H4,17,18,20,21);5,10H,2-4H2,1H3,(H4,11,12,13,14);4H,1-3H2,(H3,9,10)(H4,11,12,13,14);5H,1,3-4H2,(H4,10,11,12,13). The van der Waals surface area contributed by atoms with E-state index in [2.05, 4.69) is 57.9 Å². The van der Waals surface area contributed by atoms with Gasteiger partial charge in [0.15, 0.2) is 29.7 Å². The highest BCUT2D eigenvalue weighted by atomic mass is 32.2. The SMILES string of the molecule is C=C(CCSCc1csc(N=C(N)N)n1)NC(=O)c1ccccc1.COC(=N)CCSCc1csc(N=C(N)N)n1.N#CCCSCc1csc(N=C(N)N)n1.N=C(N)CCSCc1csc(N=C(N)N)n1. The molecule has 0 saturated carbocycles. The summed E-state index contributed by atoms with van der Waals surface area (Å²) in [5.41, 5.74) is 52.4. The molecule has 4 heterocycles. The van der Waals surface area contributed by atoms with E-state index in [9.17, 15) is 4.79 Å². The quantitative estimate of drug-likeness (QED) is 0.0189. The van der Waals surface area contributed by atoms with E-state index in [-0.39, 0.29) is 35.6 Å². The number of aliphatic imine (C=N–C) groups is 4. The first-order valence-corrected chi connectivity index (χ1v) is 28.9. The zero-order chi connectivity index (χ0) is 53.1. The summed E-state index contributed by atoms with van der Waals surface area (Å²) in [6.07, 6.45) is 2.51. The lowest BCUT2D eigenvalue weighted by atomic mass is 10.2. The Morgan fingerprint density at radius 2 is 0.986 bits per heavy atom. The molecule has 0 aliphatic rings. The lowest BCUT2D eigenvalue weighted by Gasteiger charge is -2.08. The molecule has 0 atom stereocenters. The monoisotopic (exact) mass is 1130 g/mol. The van der Waals surface area contributed by atoms with E-state index >= 15 is 0 Å². The van der Waals surface area contributed by atoms with Crippen LogP contribution in [0.1, 0.15) is 58.8 Å². The van der Waals surface area contributed by atoms with Crippen LogP contribution in [0.3, 0.4) is 0 Å². The molecule has 5 aromatic rings. The number of amidine groups is 1. The largest absolute Gasteiger partial charge is 0.484 e. The normalized spacial score (nSPS) is 9.94. The van der Waals surface area contributed by atoms with Crippen molar-refractivity contribution in [3.63, 3.8) is 0 Å². The Balaban J connectivity index is 0.000000336. The van der Waals surface area contributed by atoms with Gasteiger partial charge < -0.3 is 61.7 Å². The number of carbonyl (C=O) groups excluding carboxylic acids is 1. The molecule has 0 aliphatic heterocycles. The van der Waals surface area contributed by atoms with Crippen molar-refractivity contribution in [3.05, 3.63) is 92.5 Å². The third kappa shape index (κ3) is 30.6. The fourth-order valence-corrected chi connectivity index (χ4v) is 11.0. The number of allylic oxidation sites excluding steroid dienone is 1. The lowest BCUT2D eigenvalue weighted by molar-refractivity contribution is 0.0965. The molecule has 72 heavy (non-hydrogen) atoms. The number of amides is 1. The number of nitrogens with zero attached hydrogens (tertiary/aromatic N) is 9. The van der Waals surface area contributed by atoms with Gasteiger partial charge in [0.25, 0.3) is 5.91 Å². The van der Waals surface area contributed by atoms with E-state index in [0.29, 0.717) is 63.4 Å². The van der Waals surface area contributed by atoms with E-state index in [0.717, 1.165) is 68.8 Å².